The fourth-order valence-corrected chi connectivity index (χ4v) is 3.03. The molecule has 1 heteroatoms. The summed E-state index contributed by atoms with van der Waals surface area (Å²) in [5, 5.41) is 4.90. The summed E-state index contributed by atoms with van der Waals surface area (Å²) in [6, 6.07) is 27.3. The van der Waals surface area contributed by atoms with Gasteiger partial charge in [-0.05, 0) is 33.2 Å². The lowest BCUT2D eigenvalue weighted by Crippen LogP contribution is -1.92. The molecular formula is C20H15N. The smallest absolute Gasteiger partial charge is 0.0400 e. The summed E-state index contributed by atoms with van der Waals surface area (Å²) in [6.45, 7) is 0. The van der Waals surface area contributed by atoms with Gasteiger partial charge in [0.15, 0.2) is 0 Å². The maximum absolute atomic E-state index is 6.31. The molecule has 0 amide bonds. The Hall–Kier alpha value is -2.80. The molecule has 100 valence electrons. The van der Waals surface area contributed by atoms with Crippen molar-refractivity contribution in [1.29, 1.82) is 0 Å². The number of anilines is 1. The zero-order chi connectivity index (χ0) is 14.2. The van der Waals surface area contributed by atoms with Gasteiger partial charge in [-0.3, -0.25) is 0 Å². The average Bonchev–Trinajstić information content (AvgIpc) is 2.54. The van der Waals surface area contributed by atoms with E-state index >= 15 is 0 Å². The lowest BCUT2D eigenvalue weighted by atomic mass is 9.93. The standard InChI is InChI=1S/C20H15N/c21-19-13-12-15-7-2-4-10-17(15)20(19)18-11-5-8-14-6-1-3-9-16(14)18/h1-13H,21H2. The molecule has 2 N–H and O–H groups in total. The first-order valence-electron chi connectivity index (χ1n) is 7.10. The molecule has 0 saturated carbocycles. The minimum atomic E-state index is 0.824. The first-order valence-corrected chi connectivity index (χ1v) is 7.10. The van der Waals surface area contributed by atoms with Gasteiger partial charge in [-0.25, -0.2) is 0 Å². The van der Waals surface area contributed by atoms with Crippen molar-refractivity contribution < 1.29 is 0 Å². The highest BCUT2D eigenvalue weighted by Gasteiger charge is 2.10. The van der Waals surface area contributed by atoms with Crippen molar-refractivity contribution in [2.24, 2.45) is 0 Å². The van der Waals surface area contributed by atoms with Crippen LogP contribution in [0.3, 0.4) is 0 Å². The fraction of sp³-hybridized carbons (Fsp3) is 0. The van der Waals surface area contributed by atoms with Gasteiger partial charge in [0, 0.05) is 11.3 Å². The lowest BCUT2D eigenvalue weighted by Gasteiger charge is -2.13. The largest absolute Gasteiger partial charge is 0.398 e. The van der Waals surface area contributed by atoms with E-state index in [9.17, 15) is 0 Å². The second-order valence-electron chi connectivity index (χ2n) is 5.28. The highest BCUT2D eigenvalue weighted by molar-refractivity contribution is 6.09. The van der Waals surface area contributed by atoms with Crippen LogP contribution in [0, 0.1) is 0 Å². The van der Waals surface area contributed by atoms with E-state index < -0.39 is 0 Å². The van der Waals surface area contributed by atoms with Crippen LogP contribution in [-0.4, -0.2) is 0 Å². The highest BCUT2D eigenvalue weighted by atomic mass is 14.6. The molecule has 0 radical (unpaired) electrons. The molecule has 0 fully saturated rings. The van der Waals surface area contributed by atoms with Crippen molar-refractivity contribution in [3.63, 3.8) is 0 Å². The number of hydrogen-bond donors (Lipinski definition) is 1. The molecule has 0 aromatic heterocycles. The molecule has 0 bridgehead atoms. The van der Waals surface area contributed by atoms with Crippen LogP contribution in [0.2, 0.25) is 0 Å². The molecule has 0 saturated heterocycles. The van der Waals surface area contributed by atoms with Crippen molar-refractivity contribution in [1.82, 2.24) is 0 Å². The van der Waals surface area contributed by atoms with Crippen LogP contribution >= 0.6 is 0 Å². The minimum absolute atomic E-state index is 0.824. The lowest BCUT2D eigenvalue weighted by molar-refractivity contribution is 1.67. The third-order valence-corrected chi connectivity index (χ3v) is 4.02. The molecule has 0 spiro atoms. The summed E-state index contributed by atoms with van der Waals surface area (Å²) >= 11 is 0. The van der Waals surface area contributed by atoms with Crippen molar-refractivity contribution in [2.75, 3.05) is 5.73 Å². The third-order valence-electron chi connectivity index (χ3n) is 4.02. The molecule has 0 atom stereocenters. The summed E-state index contributed by atoms with van der Waals surface area (Å²) in [5.41, 5.74) is 9.46. The van der Waals surface area contributed by atoms with E-state index in [-0.39, 0.29) is 0 Å². The van der Waals surface area contributed by atoms with Gasteiger partial charge in [-0.2, -0.15) is 0 Å². The van der Waals surface area contributed by atoms with Crippen molar-refractivity contribution in [3.05, 3.63) is 78.9 Å². The zero-order valence-corrected chi connectivity index (χ0v) is 11.6. The molecule has 0 unspecified atom stereocenters. The predicted molar refractivity (Wildman–Crippen MR) is 91.3 cm³/mol. The van der Waals surface area contributed by atoms with E-state index in [1.165, 1.54) is 27.1 Å². The van der Waals surface area contributed by atoms with E-state index in [1.807, 2.05) is 6.07 Å². The number of rotatable bonds is 1. The Balaban J connectivity index is 2.16. The van der Waals surface area contributed by atoms with E-state index in [0.29, 0.717) is 0 Å². The van der Waals surface area contributed by atoms with E-state index in [1.54, 1.807) is 0 Å². The van der Waals surface area contributed by atoms with Crippen LogP contribution in [0.1, 0.15) is 0 Å². The Bertz CT molecular complexity index is 949. The summed E-state index contributed by atoms with van der Waals surface area (Å²) in [7, 11) is 0. The van der Waals surface area contributed by atoms with Gasteiger partial charge in [0.05, 0.1) is 0 Å². The SMILES string of the molecule is Nc1ccc2ccccc2c1-c1cccc2ccccc12. The number of nitrogens with two attached hydrogens (primary N) is 1. The second-order valence-corrected chi connectivity index (χ2v) is 5.28. The monoisotopic (exact) mass is 269 g/mol. The molecule has 0 aliphatic heterocycles. The molecule has 0 aliphatic carbocycles. The summed E-state index contributed by atoms with van der Waals surface area (Å²) in [5.74, 6) is 0. The van der Waals surface area contributed by atoms with Crippen LogP contribution in [0.4, 0.5) is 5.69 Å². The van der Waals surface area contributed by atoms with Gasteiger partial charge < -0.3 is 5.73 Å². The molecule has 1 nitrogen and oxygen atoms in total. The molecule has 0 heterocycles. The molecular weight excluding hydrogens is 254 g/mol. The fourth-order valence-electron chi connectivity index (χ4n) is 3.03. The van der Waals surface area contributed by atoms with Crippen LogP contribution in [0.5, 0.6) is 0 Å². The van der Waals surface area contributed by atoms with Gasteiger partial charge >= 0.3 is 0 Å². The first kappa shape index (κ1) is 12.0. The topological polar surface area (TPSA) is 26.0 Å². The summed E-state index contributed by atoms with van der Waals surface area (Å²) in [6.07, 6.45) is 0. The second kappa shape index (κ2) is 4.64. The zero-order valence-electron chi connectivity index (χ0n) is 11.6. The predicted octanol–water partition coefficient (Wildman–Crippen LogP) is 5.24. The van der Waals surface area contributed by atoms with Gasteiger partial charge in [0.2, 0.25) is 0 Å². The summed E-state index contributed by atoms with van der Waals surface area (Å²) < 4.78 is 0. The Labute approximate surface area is 123 Å². The number of fused-ring (bicyclic) bond motifs is 2. The molecule has 21 heavy (non-hydrogen) atoms. The Morgan fingerprint density at radius 2 is 1.14 bits per heavy atom. The van der Waals surface area contributed by atoms with Gasteiger partial charge in [-0.1, -0.05) is 72.8 Å². The van der Waals surface area contributed by atoms with Crippen molar-refractivity contribution >= 4 is 27.2 Å². The first-order chi connectivity index (χ1) is 10.3. The number of nitrogen functional groups attached to an aromatic ring is 1. The quantitative estimate of drug-likeness (QED) is 0.470. The van der Waals surface area contributed by atoms with Gasteiger partial charge in [0.25, 0.3) is 0 Å². The number of hydrogen-bond acceptors (Lipinski definition) is 1. The maximum Gasteiger partial charge on any atom is 0.0400 e. The Morgan fingerprint density at radius 1 is 0.524 bits per heavy atom. The van der Waals surface area contributed by atoms with E-state index in [0.717, 1.165) is 11.3 Å². The van der Waals surface area contributed by atoms with E-state index in [4.69, 9.17) is 5.73 Å². The van der Waals surface area contributed by atoms with Crippen LogP contribution < -0.4 is 5.73 Å². The Morgan fingerprint density at radius 3 is 1.95 bits per heavy atom. The molecule has 4 aromatic rings. The normalized spacial score (nSPS) is 11.0. The van der Waals surface area contributed by atoms with Crippen LogP contribution in [-0.2, 0) is 0 Å². The van der Waals surface area contributed by atoms with Crippen LogP contribution in [0.15, 0.2) is 78.9 Å². The third kappa shape index (κ3) is 1.86. The van der Waals surface area contributed by atoms with Crippen molar-refractivity contribution in [2.45, 2.75) is 0 Å². The summed E-state index contributed by atoms with van der Waals surface area (Å²) in [4.78, 5) is 0. The molecule has 4 aromatic carbocycles. The van der Waals surface area contributed by atoms with Crippen molar-refractivity contribution in [3.8, 4) is 11.1 Å². The molecule has 4 rings (SSSR count). The average molecular weight is 269 g/mol. The minimum Gasteiger partial charge on any atom is -0.398 e. The van der Waals surface area contributed by atoms with Gasteiger partial charge in [-0.15, -0.1) is 0 Å². The highest BCUT2D eigenvalue weighted by Crippen LogP contribution is 2.37. The van der Waals surface area contributed by atoms with Crippen LogP contribution in [0.25, 0.3) is 32.7 Å². The molecule has 0 aliphatic rings. The number of benzene rings is 4. The Kier molecular flexibility index (Phi) is 2.65. The van der Waals surface area contributed by atoms with E-state index in [2.05, 4.69) is 72.8 Å². The maximum atomic E-state index is 6.31. The van der Waals surface area contributed by atoms with Gasteiger partial charge in [0.1, 0.15) is 0 Å².